The van der Waals surface area contributed by atoms with Crippen molar-refractivity contribution in [2.24, 2.45) is 0 Å². The van der Waals surface area contributed by atoms with Gasteiger partial charge in [0.05, 0.1) is 6.10 Å². The molecule has 0 spiro atoms. The van der Waals surface area contributed by atoms with Crippen LogP contribution in [0.25, 0.3) is 0 Å². The fraction of sp³-hybridized carbons (Fsp3) is 0.458. The van der Waals surface area contributed by atoms with Gasteiger partial charge in [-0.25, -0.2) is 4.79 Å². The summed E-state index contributed by atoms with van der Waals surface area (Å²) >= 11 is 0. The number of hydrogen-bond donors (Lipinski definition) is 2. The summed E-state index contributed by atoms with van der Waals surface area (Å²) in [6.07, 6.45) is -1.66. The summed E-state index contributed by atoms with van der Waals surface area (Å²) in [5.74, 6) is 0.346. The zero-order chi connectivity index (χ0) is 22.3. The highest BCUT2D eigenvalue weighted by molar-refractivity contribution is 5.72. The number of aliphatic hydroxyl groups excluding tert-OH is 1. The van der Waals surface area contributed by atoms with Crippen LogP contribution in [0.4, 0.5) is 0 Å². The lowest BCUT2D eigenvalue weighted by Gasteiger charge is -2.18. The van der Waals surface area contributed by atoms with E-state index in [0.717, 1.165) is 22.4 Å². The number of benzene rings is 2. The van der Waals surface area contributed by atoms with E-state index in [1.807, 2.05) is 39.0 Å². The third-order valence-electron chi connectivity index (χ3n) is 4.50. The van der Waals surface area contributed by atoms with Crippen LogP contribution in [0.5, 0.6) is 11.5 Å². The number of carboxylic acid groups (broad SMARTS) is 1. The van der Waals surface area contributed by atoms with E-state index in [2.05, 4.69) is 0 Å². The fourth-order valence-corrected chi connectivity index (χ4v) is 3.31. The summed E-state index contributed by atoms with van der Waals surface area (Å²) < 4.78 is 16.9. The summed E-state index contributed by atoms with van der Waals surface area (Å²) in [6.45, 7) is 9.80. The van der Waals surface area contributed by atoms with Gasteiger partial charge in [0, 0.05) is 6.42 Å². The lowest BCUT2D eigenvalue weighted by Crippen LogP contribution is -2.29. The maximum absolute atomic E-state index is 11.4. The van der Waals surface area contributed by atoms with Crippen molar-refractivity contribution in [3.05, 3.63) is 58.7 Å². The largest absolute Gasteiger partial charge is 0.491 e. The molecule has 6 nitrogen and oxygen atoms in total. The van der Waals surface area contributed by atoms with Crippen LogP contribution in [0, 0.1) is 20.8 Å². The van der Waals surface area contributed by atoms with Gasteiger partial charge in [-0.1, -0.05) is 29.8 Å². The molecule has 0 saturated heterocycles. The average Bonchev–Trinajstić information content (AvgIpc) is 2.65. The van der Waals surface area contributed by atoms with E-state index in [4.69, 9.17) is 14.2 Å². The van der Waals surface area contributed by atoms with Crippen molar-refractivity contribution < 1.29 is 29.2 Å². The predicted octanol–water partition coefficient (Wildman–Crippen LogP) is 3.85. The third-order valence-corrected chi connectivity index (χ3v) is 4.50. The molecule has 0 aliphatic carbocycles. The normalized spacial score (nSPS) is 13.2. The Morgan fingerprint density at radius 1 is 1.00 bits per heavy atom. The molecule has 0 saturated carbocycles. The highest BCUT2D eigenvalue weighted by Crippen LogP contribution is 2.24. The van der Waals surface area contributed by atoms with Crippen LogP contribution in [0.2, 0.25) is 0 Å². The second-order valence-electron chi connectivity index (χ2n) is 7.87. The van der Waals surface area contributed by atoms with Crippen molar-refractivity contribution in [3.8, 4) is 11.5 Å². The van der Waals surface area contributed by atoms with E-state index in [0.29, 0.717) is 5.75 Å². The van der Waals surface area contributed by atoms with E-state index in [1.165, 1.54) is 5.56 Å². The minimum Gasteiger partial charge on any atom is -0.491 e. The van der Waals surface area contributed by atoms with Gasteiger partial charge in [0.2, 0.25) is 0 Å². The van der Waals surface area contributed by atoms with Crippen molar-refractivity contribution in [1.29, 1.82) is 0 Å². The number of carboxylic acids is 1. The molecule has 6 heteroatoms. The van der Waals surface area contributed by atoms with Gasteiger partial charge < -0.3 is 24.4 Å². The van der Waals surface area contributed by atoms with Gasteiger partial charge in [0.15, 0.2) is 6.10 Å². The molecule has 2 atom stereocenters. The van der Waals surface area contributed by atoms with Gasteiger partial charge in [0.25, 0.3) is 0 Å². The molecule has 2 aromatic carbocycles. The first-order chi connectivity index (χ1) is 14.2. The molecule has 2 N–H and O–H groups in total. The number of aliphatic carboxylic acids is 1. The number of hydrogen-bond acceptors (Lipinski definition) is 5. The SMILES string of the molecule is Cc1cc(C)c(OCC(O)COc2cccc(CC(OC(C)C)C(=O)O)c2)c(C)c1. The zero-order valence-corrected chi connectivity index (χ0v) is 18.3. The van der Waals surface area contributed by atoms with Crippen LogP contribution in [0.1, 0.15) is 36.1 Å². The molecule has 0 fully saturated rings. The summed E-state index contributed by atoms with van der Waals surface area (Å²) in [6, 6.07) is 11.2. The van der Waals surface area contributed by atoms with Crippen molar-refractivity contribution in [1.82, 2.24) is 0 Å². The number of rotatable bonds is 11. The molecule has 30 heavy (non-hydrogen) atoms. The molecule has 0 aliphatic heterocycles. The van der Waals surface area contributed by atoms with E-state index in [-0.39, 0.29) is 25.7 Å². The van der Waals surface area contributed by atoms with Crippen molar-refractivity contribution in [2.45, 2.75) is 59.4 Å². The van der Waals surface area contributed by atoms with E-state index >= 15 is 0 Å². The Hall–Kier alpha value is -2.57. The Bertz CT molecular complexity index is 822. The lowest BCUT2D eigenvalue weighted by atomic mass is 10.1. The molecule has 2 aromatic rings. The molecule has 0 radical (unpaired) electrons. The number of aliphatic hydroxyl groups is 1. The van der Waals surface area contributed by atoms with Crippen molar-refractivity contribution in [3.63, 3.8) is 0 Å². The first-order valence-corrected chi connectivity index (χ1v) is 10.1. The Labute approximate surface area is 178 Å². The molecular formula is C24H32O6. The summed E-state index contributed by atoms with van der Waals surface area (Å²) in [7, 11) is 0. The summed E-state index contributed by atoms with van der Waals surface area (Å²) in [5.41, 5.74) is 4.03. The Kier molecular flexibility index (Phi) is 8.69. The van der Waals surface area contributed by atoms with Crippen LogP contribution in [-0.2, 0) is 16.0 Å². The first-order valence-electron chi connectivity index (χ1n) is 10.1. The standard InChI is InChI=1S/C24H32O6/c1-15(2)30-22(24(26)27)12-19-7-6-8-21(11-19)28-13-20(25)14-29-23-17(4)9-16(3)10-18(23)5/h6-11,15,20,22,25H,12-14H2,1-5H3,(H,26,27). The van der Waals surface area contributed by atoms with Crippen LogP contribution in [0.15, 0.2) is 36.4 Å². The molecule has 0 aromatic heterocycles. The van der Waals surface area contributed by atoms with Gasteiger partial charge in [-0.3, -0.25) is 0 Å². The maximum Gasteiger partial charge on any atom is 0.333 e. The number of ether oxygens (including phenoxy) is 3. The maximum atomic E-state index is 11.4. The summed E-state index contributed by atoms with van der Waals surface area (Å²) in [5, 5.41) is 19.6. The third kappa shape index (κ3) is 7.35. The van der Waals surface area contributed by atoms with Crippen molar-refractivity contribution >= 4 is 5.97 Å². The minimum absolute atomic E-state index is 0.0677. The fourth-order valence-electron chi connectivity index (χ4n) is 3.31. The Balaban J connectivity index is 1.90. The molecule has 0 heterocycles. The van der Waals surface area contributed by atoms with Crippen LogP contribution in [-0.4, -0.2) is 47.7 Å². The number of aryl methyl sites for hydroxylation is 3. The quantitative estimate of drug-likeness (QED) is 0.579. The monoisotopic (exact) mass is 416 g/mol. The highest BCUT2D eigenvalue weighted by Gasteiger charge is 2.20. The Morgan fingerprint density at radius 3 is 2.23 bits per heavy atom. The molecule has 0 aliphatic rings. The van der Waals surface area contributed by atoms with Gasteiger partial charge in [-0.05, 0) is 63.4 Å². The molecule has 0 bridgehead atoms. The lowest BCUT2D eigenvalue weighted by molar-refractivity contribution is -0.153. The summed E-state index contributed by atoms with van der Waals surface area (Å²) in [4.78, 5) is 11.4. The van der Waals surface area contributed by atoms with Gasteiger partial charge in [-0.2, -0.15) is 0 Å². The first kappa shape index (κ1) is 23.7. The Morgan fingerprint density at radius 2 is 1.63 bits per heavy atom. The molecule has 0 amide bonds. The molecule has 164 valence electrons. The van der Waals surface area contributed by atoms with Gasteiger partial charge in [0.1, 0.15) is 30.8 Å². The predicted molar refractivity (Wildman–Crippen MR) is 115 cm³/mol. The van der Waals surface area contributed by atoms with Crippen LogP contribution < -0.4 is 9.47 Å². The minimum atomic E-state index is -0.996. The van der Waals surface area contributed by atoms with Gasteiger partial charge >= 0.3 is 5.97 Å². The van der Waals surface area contributed by atoms with Crippen LogP contribution >= 0.6 is 0 Å². The molecule has 2 unspecified atom stereocenters. The average molecular weight is 417 g/mol. The topological polar surface area (TPSA) is 85.2 Å². The second kappa shape index (κ2) is 11.0. The van der Waals surface area contributed by atoms with E-state index in [1.54, 1.807) is 32.0 Å². The highest BCUT2D eigenvalue weighted by atomic mass is 16.5. The van der Waals surface area contributed by atoms with Gasteiger partial charge in [-0.15, -0.1) is 0 Å². The van der Waals surface area contributed by atoms with Crippen LogP contribution in [0.3, 0.4) is 0 Å². The molecular weight excluding hydrogens is 384 g/mol. The second-order valence-corrected chi connectivity index (χ2v) is 7.87. The smallest absolute Gasteiger partial charge is 0.333 e. The van der Waals surface area contributed by atoms with E-state index < -0.39 is 18.2 Å². The zero-order valence-electron chi connectivity index (χ0n) is 18.3. The van der Waals surface area contributed by atoms with Crippen molar-refractivity contribution in [2.75, 3.05) is 13.2 Å². The number of carbonyl (C=O) groups is 1. The van der Waals surface area contributed by atoms with E-state index in [9.17, 15) is 15.0 Å². The molecule has 2 rings (SSSR count).